The normalized spacial score (nSPS) is 14.2. The van der Waals surface area contributed by atoms with E-state index in [4.69, 9.17) is 11.6 Å². The number of likely N-dealkylation sites (tertiary alicyclic amines) is 1. The standard InChI is InChI=1S/C19H21ClN4O2/c1-13-11-15(14(2)24(13)17-8-4-3-7-16(17)20)12-21-22-18(25)19(26)23-9-5-6-10-23/h3-4,7-8,11-12H,5-6,9-10H2,1-2H3,(H,22,25)/b21-12-. The summed E-state index contributed by atoms with van der Waals surface area (Å²) < 4.78 is 2.03. The molecule has 2 amide bonds. The largest absolute Gasteiger partial charge is 0.334 e. The van der Waals surface area contributed by atoms with Crippen molar-refractivity contribution in [3.05, 3.63) is 52.3 Å². The van der Waals surface area contributed by atoms with E-state index in [0.717, 1.165) is 35.5 Å². The number of amides is 2. The highest BCUT2D eigenvalue weighted by Crippen LogP contribution is 2.25. The van der Waals surface area contributed by atoms with E-state index in [9.17, 15) is 9.59 Å². The van der Waals surface area contributed by atoms with Gasteiger partial charge in [0.25, 0.3) is 0 Å². The van der Waals surface area contributed by atoms with Gasteiger partial charge in [0.15, 0.2) is 0 Å². The first kappa shape index (κ1) is 18.2. The average Bonchev–Trinajstić information content (AvgIpc) is 3.24. The minimum Gasteiger partial charge on any atom is -0.334 e. The van der Waals surface area contributed by atoms with Crippen LogP contribution in [0.2, 0.25) is 5.02 Å². The highest BCUT2D eigenvalue weighted by Gasteiger charge is 2.24. The lowest BCUT2D eigenvalue weighted by Gasteiger charge is -2.12. The lowest BCUT2D eigenvalue weighted by Crippen LogP contribution is -2.39. The number of carbonyl (C=O) groups is 2. The van der Waals surface area contributed by atoms with Gasteiger partial charge in [-0.1, -0.05) is 23.7 Å². The van der Waals surface area contributed by atoms with Crippen molar-refractivity contribution in [1.82, 2.24) is 14.9 Å². The molecule has 2 heterocycles. The summed E-state index contributed by atoms with van der Waals surface area (Å²) in [5.74, 6) is -1.23. The van der Waals surface area contributed by atoms with Gasteiger partial charge in [-0.15, -0.1) is 0 Å². The van der Waals surface area contributed by atoms with Crippen LogP contribution >= 0.6 is 11.6 Å². The SMILES string of the molecule is Cc1cc(/C=N\NC(=O)C(=O)N2CCCC2)c(C)n1-c1ccccc1Cl. The molecule has 0 atom stereocenters. The molecule has 1 saturated heterocycles. The number of hydrazone groups is 1. The van der Waals surface area contributed by atoms with E-state index < -0.39 is 11.8 Å². The molecule has 3 rings (SSSR count). The van der Waals surface area contributed by atoms with Crippen LogP contribution in [-0.2, 0) is 9.59 Å². The van der Waals surface area contributed by atoms with Gasteiger partial charge in [-0.05, 0) is 44.9 Å². The Balaban J connectivity index is 1.73. The molecule has 2 aromatic rings. The topological polar surface area (TPSA) is 66.7 Å². The van der Waals surface area contributed by atoms with Crippen LogP contribution in [0.1, 0.15) is 29.8 Å². The minimum atomic E-state index is -0.705. The number of aryl methyl sites for hydroxylation is 1. The van der Waals surface area contributed by atoms with Gasteiger partial charge in [0.1, 0.15) is 0 Å². The summed E-state index contributed by atoms with van der Waals surface area (Å²) in [4.78, 5) is 25.4. The lowest BCUT2D eigenvalue weighted by molar-refractivity contribution is -0.145. The molecule has 1 aliphatic heterocycles. The molecule has 7 heteroatoms. The third-order valence-electron chi connectivity index (χ3n) is 4.52. The third-order valence-corrected chi connectivity index (χ3v) is 4.84. The Kier molecular flexibility index (Phi) is 5.42. The van der Waals surface area contributed by atoms with Crippen molar-refractivity contribution in [2.75, 3.05) is 13.1 Å². The van der Waals surface area contributed by atoms with Crippen molar-refractivity contribution in [2.45, 2.75) is 26.7 Å². The Morgan fingerprint density at radius 3 is 2.58 bits per heavy atom. The van der Waals surface area contributed by atoms with Crippen molar-refractivity contribution >= 4 is 29.6 Å². The molecule has 0 radical (unpaired) electrons. The Morgan fingerprint density at radius 1 is 1.19 bits per heavy atom. The maximum atomic E-state index is 12.0. The summed E-state index contributed by atoms with van der Waals surface area (Å²) >= 11 is 6.30. The molecule has 0 bridgehead atoms. The Bertz CT molecular complexity index is 866. The molecule has 6 nitrogen and oxygen atoms in total. The molecule has 0 aliphatic carbocycles. The van der Waals surface area contributed by atoms with Crippen LogP contribution in [0.4, 0.5) is 0 Å². The second-order valence-electron chi connectivity index (χ2n) is 6.31. The number of halogens is 1. The summed E-state index contributed by atoms with van der Waals surface area (Å²) in [5, 5.41) is 4.60. The number of nitrogens with one attached hydrogen (secondary N) is 1. The molecule has 136 valence electrons. The van der Waals surface area contributed by atoms with E-state index in [1.54, 1.807) is 11.1 Å². The fourth-order valence-electron chi connectivity index (χ4n) is 3.19. The van der Waals surface area contributed by atoms with Crippen LogP contribution in [-0.4, -0.2) is 40.6 Å². The zero-order valence-electron chi connectivity index (χ0n) is 14.8. The predicted octanol–water partition coefficient (Wildman–Crippen LogP) is 2.82. The Morgan fingerprint density at radius 2 is 1.88 bits per heavy atom. The van der Waals surface area contributed by atoms with Gasteiger partial charge in [0.05, 0.1) is 16.9 Å². The summed E-state index contributed by atoms with van der Waals surface area (Å²) in [6.07, 6.45) is 3.43. The van der Waals surface area contributed by atoms with E-state index in [2.05, 4.69) is 10.5 Å². The zero-order valence-corrected chi connectivity index (χ0v) is 15.6. The predicted molar refractivity (Wildman–Crippen MR) is 102 cm³/mol. The molecule has 1 N–H and O–H groups in total. The first-order valence-corrected chi connectivity index (χ1v) is 8.93. The Labute approximate surface area is 157 Å². The van der Waals surface area contributed by atoms with Gasteiger partial charge >= 0.3 is 11.8 Å². The molecule has 1 aliphatic rings. The minimum absolute atomic E-state index is 0.527. The molecule has 0 unspecified atom stereocenters. The van der Waals surface area contributed by atoms with Gasteiger partial charge in [0.2, 0.25) is 0 Å². The maximum absolute atomic E-state index is 12.0. The smallest absolute Gasteiger partial charge is 0.329 e. The average molecular weight is 373 g/mol. The van der Waals surface area contributed by atoms with Crippen LogP contribution < -0.4 is 5.43 Å². The highest BCUT2D eigenvalue weighted by molar-refractivity contribution is 6.35. The van der Waals surface area contributed by atoms with Crippen LogP contribution in [0.3, 0.4) is 0 Å². The molecule has 1 aromatic carbocycles. The van der Waals surface area contributed by atoms with Gasteiger partial charge in [-0.2, -0.15) is 5.10 Å². The number of aromatic nitrogens is 1. The second kappa shape index (κ2) is 7.74. The first-order valence-electron chi connectivity index (χ1n) is 8.55. The fourth-order valence-corrected chi connectivity index (χ4v) is 3.41. The summed E-state index contributed by atoms with van der Waals surface area (Å²) in [6.45, 7) is 5.20. The first-order chi connectivity index (χ1) is 12.5. The molecule has 0 saturated carbocycles. The number of hydrogen-bond acceptors (Lipinski definition) is 3. The number of benzene rings is 1. The van der Waals surface area contributed by atoms with Crippen molar-refractivity contribution in [1.29, 1.82) is 0 Å². The molecule has 1 aromatic heterocycles. The third kappa shape index (κ3) is 3.65. The lowest BCUT2D eigenvalue weighted by atomic mass is 10.2. The summed E-state index contributed by atoms with van der Waals surface area (Å²) in [7, 11) is 0. The van der Waals surface area contributed by atoms with Crippen LogP contribution in [0, 0.1) is 13.8 Å². The van der Waals surface area contributed by atoms with Crippen molar-refractivity contribution < 1.29 is 9.59 Å². The molecular formula is C19H21ClN4O2. The van der Waals surface area contributed by atoms with Crippen LogP contribution in [0.5, 0.6) is 0 Å². The molecule has 0 spiro atoms. The van der Waals surface area contributed by atoms with Gasteiger partial charge in [-0.25, -0.2) is 5.43 Å². The molecule has 1 fully saturated rings. The van der Waals surface area contributed by atoms with Crippen molar-refractivity contribution in [3.63, 3.8) is 0 Å². The van der Waals surface area contributed by atoms with Gasteiger partial charge in [0, 0.05) is 30.0 Å². The van der Waals surface area contributed by atoms with E-state index in [-0.39, 0.29) is 0 Å². The summed E-state index contributed by atoms with van der Waals surface area (Å²) in [5.41, 5.74) is 5.99. The monoisotopic (exact) mass is 372 g/mol. The number of hydrogen-bond donors (Lipinski definition) is 1. The number of carbonyl (C=O) groups excluding carboxylic acids is 2. The van der Waals surface area contributed by atoms with Crippen LogP contribution in [0.25, 0.3) is 5.69 Å². The zero-order chi connectivity index (χ0) is 18.7. The fraction of sp³-hybridized carbons (Fsp3) is 0.316. The van der Waals surface area contributed by atoms with Crippen molar-refractivity contribution in [3.8, 4) is 5.69 Å². The second-order valence-corrected chi connectivity index (χ2v) is 6.72. The van der Waals surface area contributed by atoms with Crippen molar-refractivity contribution in [2.24, 2.45) is 5.10 Å². The Hall–Kier alpha value is -2.60. The molecule has 26 heavy (non-hydrogen) atoms. The highest BCUT2D eigenvalue weighted by atomic mass is 35.5. The van der Waals surface area contributed by atoms with E-state index >= 15 is 0 Å². The van der Waals surface area contributed by atoms with E-state index in [1.807, 2.05) is 48.7 Å². The van der Waals surface area contributed by atoms with Crippen LogP contribution in [0.15, 0.2) is 35.4 Å². The summed E-state index contributed by atoms with van der Waals surface area (Å²) in [6, 6.07) is 9.55. The quantitative estimate of drug-likeness (QED) is 0.511. The number of para-hydroxylation sites is 1. The van der Waals surface area contributed by atoms with E-state index in [1.165, 1.54) is 0 Å². The van der Waals surface area contributed by atoms with Gasteiger partial charge in [-0.3, -0.25) is 9.59 Å². The van der Waals surface area contributed by atoms with E-state index in [0.29, 0.717) is 18.1 Å². The molecular weight excluding hydrogens is 352 g/mol. The number of rotatable bonds is 3. The maximum Gasteiger partial charge on any atom is 0.329 e. The van der Waals surface area contributed by atoms with Gasteiger partial charge < -0.3 is 9.47 Å². The number of nitrogens with zero attached hydrogens (tertiary/aromatic N) is 3.